The van der Waals surface area contributed by atoms with Crippen molar-refractivity contribution in [2.75, 3.05) is 37.0 Å². The van der Waals surface area contributed by atoms with Gasteiger partial charge in [-0.05, 0) is 38.1 Å². The summed E-state index contributed by atoms with van der Waals surface area (Å²) in [6, 6.07) is 16.2. The molecule has 5 heteroatoms. The number of nitrogens with one attached hydrogen (secondary N) is 1. The number of piperazine rings is 1. The lowest BCUT2D eigenvalue weighted by Gasteiger charge is -2.41. The molecule has 0 saturated carbocycles. The number of urea groups is 1. The SMILES string of the molecule is COc1cccc(NC(=O)N2CCN(c3ccc(C)cc3)[C@H](C)C2)c1. The monoisotopic (exact) mass is 339 g/mol. The van der Waals surface area contributed by atoms with Gasteiger partial charge in [0.05, 0.1) is 7.11 Å². The minimum Gasteiger partial charge on any atom is -0.497 e. The van der Waals surface area contributed by atoms with Gasteiger partial charge in [0, 0.05) is 43.1 Å². The first-order valence-corrected chi connectivity index (χ1v) is 8.60. The van der Waals surface area contributed by atoms with E-state index < -0.39 is 0 Å². The minimum atomic E-state index is -0.0661. The molecular weight excluding hydrogens is 314 g/mol. The van der Waals surface area contributed by atoms with Gasteiger partial charge in [0.25, 0.3) is 0 Å². The molecule has 1 atom stereocenters. The number of ether oxygens (including phenoxy) is 1. The van der Waals surface area contributed by atoms with E-state index in [-0.39, 0.29) is 12.1 Å². The van der Waals surface area contributed by atoms with Gasteiger partial charge in [0.15, 0.2) is 0 Å². The number of aryl methyl sites for hydroxylation is 1. The van der Waals surface area contributed by atoms with Crippen molar-refractivity contribution in [1.82, 2.24) is 4.90 Å². The number of nitrogens with zero attached hydrogens (tertiary/aromatic N) is 2. The second-order valence-electron chi connectivity index (χ2n) is 6.49. The summed E-state index contributed by atoms with van der Waals surface area (Å²) in [7, 11) is 1.62. The van der Waals surface area contributed by atoms with E-state index in [1.54, 1.807) is 7.11 Å². The second-order valence-corrected chi connectivity index (χ2v) is 6.49. The first-order valence-electron chi connectivity index (χ1n) is 8.60. The summed E-state index contributed by atoms with van der Waals surface area (Å²) in [6.07, 6.45) is 0. The Labute approximate surface area is 149 Å². The van der Waals surface area contributed by atoms with Crippen molar-refractivity contribution in [2.45, 2.75) is 19.9 Å². The Hall–Kier alpha value is -2.69. The highest BCUT2D eigenvalue weighted by atomic mass is 16.5. The average molecular weight is 339 g/mol. The molecular formula is C20H25N3O2. The van der Waals surface area contributed by atoms with Gasteiger partial charge >= 0.3 is 6.03 Å². The highest BCUT2D eigenvalue weighted by Gasteiger charge is 2.26. The third-order valence-electron chi connectivity index (χ3n) is 4.60. The molecule has 1 fully saturated rings. The van der Waals surface area contributed by atoms with Crippen LogP contribution in [-0.2, 0) is 0 Å². The van der Waals surface area contributed by atoms with E-state index in [0.29, 0.717) is 13.1 Å². The number of carbonyl (C=O) groups is 1. The van der Waals surface area contributed by atoms with Crippen LogP contribution in [0.4, 0.5) is 16.2 Å². The smallest absolute Gasteiger partial charge is 0.321 e. The fourth-order valence-corrected chi connectivity index (χ4v) is 3.17. The lowest BCUT2D eigenvalue weighted by Crippen LogP contribution is -2.54. The van der Waals surface area contributed by atoms with E-state index in [2.05, 4.69) is 48.3 Å². The fraction of sp³-hybridized carbons (Fsp3) is 0.350. The van der Waals surface area contributed by atoms with Gasteiger partial charge < -0.3 is 19.9 Å². The number of methoxy groups -OCH3 is 1. The summed E-state index contributed by atoms with van der Waals surface area (Å²) in [5, 5.41) is 2.96. The molecule has 1 N–H and O–H groups in total. The first kappa shape index (κ1) is 17.1. The van der Waals surface area contributed by atoms with Crippen molar-refractivity contribution in [3.8, 4) is 5.75 Å². The highest BCUT2D eigenvalue weighted by molar-refractivity contribution is 5.89. The number of hydrogen-bond donors (Lipinski definition) is 1. The zero-order valence-corrected chi connectivity index (χ0v) is 15.0. The van der Waals surface area contributed by atoms with E-state index in [0.717, 1.165) is 18.0 Å². The number of benzene rings is 2. The Kier molecular flexibility index (Phi) is 5.12. The molecule has 0 aliphatic carbocycles. The molecule has 25 heavy (non-hydrogen) atoms. The van der Waals surface area contributed by atoms with Crippen LogP contribution >= 0.6 is 0 Å². The van der Waals surface area contributed by atoms with Crippen LogP contribution in [0.15, 0.2) is 48.5 Å². The minimum absolute atomic E-state index is 0.0661. The fourth-order valence-electron chi connectivity index (χ4n) is 3.17. The van der Waals surface area contributed by atoms with Crippen LogP contribution in [-0.4, -0.2) is 43.7 Å². The summed E-state index contributed by atoms with van der Waals surface area (Å²) in [5.74, 6) is 0.732. The van der Waals surface area contributed by atoms with Crippen molar-refractivity contribution in [1.29, 1.82) is 0 Å². The van der Waals surface area contributed by atoms with Gasteiger partial charge in [0.1, 0.15) is 5.75 Å². The number of rotatable bonds is 3. The van der Waals surface area contributed by atoms with Gasteiger partial charge in [-0.25, -0.2) is 4.79 Å². The van der Waals surface area contributed by atoms with E-state index in [1.165, 1.54) is 11.3 Å². The van der Waals surface area contributed by atoms with E-state index in [9.17, 15) is 4.79 Å². The Morgan fingerprint density at radius 2 is 1.92 bits per heavy atom. The predicted octanol–water partition coefficient (Wildman–Crippen LogP) is 3.75. The molecule has 132 valence electrons. The average Bonchev–Trinajstić information content (AvgIpc) is 2.62. The van der Waals surface area contributed by atoms with Crippen molar-refractivity contribution >= 4 is 17.4 Å². The second kappa shape index (κ2) is 7.47. The number of hydrogen-bond acceptors (Lipinski definition) is 3. The molecule has 3 rings (SSSR count). The lowest BCUT2D eigenvalue weighted by atomic mass is 10.1. The maximum Gasteiger partial charge on any atom is 0.321 e. The first-order chi connectivity index (χ1) is 12.1. The summed E-state index contributed by atoms with van der Waals surface area (Å²) < 4.78 is 5.20. The highest BCUT2D eigenvalue weighted by Crippen LogP contribution is 2.22. The molecule has 0 unspecified atom stereocenters. The standard InChI is InChI=1S/C20H25N3O2/c1-15-7-9-18(10-8-15)23-12-11-22(14-16(23)2)20(24)21-17-5-4-6-19(13-17)25-3/h4-10,13,16H,11-12,14H2,1-3H3,(H,21,24)/t16-/m1/s1. The van der Waals surface area contributed by atoms with Crippen molar-refractivity contribution < 1.29 is 9.53 Å². The maximum absolute atomic E-state index is 12.6. The molecule has 2 amide bonds. The normalized spacial score (nSPS) is 17.3. The van der Waals surface area contributed by atoms with Gasteiger partial charge in [-0.3, -0.25) is 0 Å². The largest absolute Gasteiger partial charge is 0.497 e. The van der Waals surface area contributed by atoms with Crippen LogP contribution in [0.5, 0.6) is 5.75 Å². The van der Waals surface area contributed by atoms with Crippen LogP contribution in [0.1, 0.15) is 12.5 Å². The molecule has 1 saturated heterocycles. The van der Waals surface area contributed by atoms with Gasteiger partial charge in [-0.1, -0.05) is 23.8 Å². The number of carbonyl (C=O) groups excluding carboxylic acids is 1. The molecule has 0 spiro atoms. The Bertz CT molecular complexity index is 730. The summed E-state index contributed by atoms with van der Waals surface area (Å²) in [6.45, 7) is 6.48. The molecule has 0 radical (unpaired) electrons. The summed E-state index contributed by atoms with van der Waals surface area (Å²) >= 11 is 0. The third kappa shape index (κ3) is 4.05. The zero-order chi connectivity index (χ0) is 17.8. The quantitative estimate of drug-likeness (QED) is 0.926. The van der Waals surface area contributed by atoms with Gasteiger partial charge in [-0.15, -0.1) is 0 Å². The molecule has 0 aromatic heterocycles. The van der Waals surface area contributed by atoms with Crippen molar-refractivity contribution in [2.24, 2.45) is 0 Å². The number of amides is 2. The van der Waals surface area contributed by atoms with Crippen molar-refractivity contribution in [3.63, 3.8) is 0 Å². The van der Waals surface area contributed by atoms with Crippen molar-refractivity contribution in [3.05, 3.63) is 54.1 Å². The van der Waals surface area contributed by atoms with Crippen LogP contribution in [0.3, 0.4) is 0 Å². The Balaban J connectivity index is 1.61. The van der Waals surface area contributed by atoms with E-state index >= 15 is 0 Å². The van der Waals surface area contributed by atoms with Crippen LogP contribution in [0, 0.1) is 6.92 Å². The Morgan fingerprint density at radius 1 is 1.16 bits per heavy atom. The molecule has 1 aliphatic heterocycles. The molecule has 2 aromatic carbocycles. The van der Waals surface area contributed by atoms with Crippen LogP contribution in [0.25, 0.3) is 0 Å². The topological polar surface area (TPSA) is 44.8 Å². The van der Waals surface area contributed by atoms with Crippen LogP contribution in [0.2, 0.25) is 0 Å². The Morgan fingerprint density at radius 3 is 2.60 bits per heavy atom. The van der Waals surface area contributed by atoms with E-state index in [1.807, 2.05) is 29.2 Å². The maximum atomic E-state index is 12.6. The number of anilines is 2. The molecule has 1 aliphatic rings. The third-order valence-corrected chi connectivity index (χ3v) is 4.60. The molecule has 2 aromatic rings. The predicted molar refractivity (Wildman–Crippen MR) is 102 cm³/mol. The van der Waals surface area contributed by atoms with Gasteiger partial charge in [-0.2, -0.15) is 0 Å². The summed E-state index contributed by atoms with van der Waals surface area (Å²) in [4.78, 5) is 16.8. The molecule has 0 bridgehead atoms. The van der Waals surface area contributed by atoms with Gasteiger partial charge in [0.2, 0.25) is 0 Å². The van der Waals surface area contributed by atoms with E-state index in [4.69, 9.17) is 4.74 Å². The summed E-state index contributed by atoms with van der Waals surface area (Å²) in [5.41, 5.74) is 3.22. The molecule has 5 nitrogen and oxygen atoms in total. The molecule has 1 heterocycles. The lowest BCUT2D eigenvalue weighted by molar-refractivity contribution is 0.200. The van der Waals surface area contributed by atoms with Crippen LogP contribution < -0.4 is 15.0 Å². The zero-order valence-electron chi connectivity index (χ0n) is 15.0.